The number of carbonyl (C=O) groups is 1. The third kappa shape index (κ3) is 4.08. The van der Waals surface area contributed by atoms with Gasteiger partial charge in [0, 0.05) is 35.9 Å². The summed E-state index contributed by atoms with van der Waals surface area (Å²) in [5.74, 6) is 0.198. The number of hydrogen-bond donors (Lipinski definition) is 1. The van der Waals surface area contributed by atoms with E-state index < -0.39 is 0 Å². The highest BCUT2D eigenvalue weighted by Gasteiger charge is 2.19. The van der Waals surface area contributed by atoms with E-state index in [1.54, 1.807) is 29.9 Å². The van der Waals surface area contributed by atoms with E-state index in [1.165, 1.54) is 11.3 Å². The quantitative estimate of drug-likeness (QED) is 0.722. The number of ether oxygens (including phenoxy) is 1. The van der Waals surface area contributed by atoms with Gasteiger partial charge in [-0.1, -0.05) is 11.6 Å². The molecule has 1 fully saturated rings. The second-order valence-corrected chi connectivity index (χ2v) is 7.12. The Kier molecular flexibility index (Phi) is 5.28. The third-order valence-electron chi connectivity index (χ3n) is 4.05. The Labute approximate surface area is 165 Å². The smallest absolute Gasteiger partial charge is 0.275 e. The number of amides is 1. The van der Waals surface area contributed by atoms with Gasteiger partial charge in [-0.15, -0.1) is 11.3 Å². The first-order chi connectivity index (χ1) is 13.2. The van der Waals surface area contributed by atoms with E-state index in [1.807, 2.05) is 12.1 Å². The van der Waals surface area contributed by atoms with Gasteiger partial charge in [-0.05, 0) is 24.3 Å². The van der Waals surface area contributed by atoms with Crippen LogP contribution in [0.4, 0.5) is 11.4 Å². The van der Waals surface area contributed by atoms with Gasteiger partial charge in [0.2, 0.25) is 0 Å². The lowest BCUT2D eigenvalue weighted by Gasteiger charge is -2.30. The monoisotopic (exact) mass is 401 g/mol. The van der Waals surface area contributed by atoms with Crippen LogP contribution >= 0.6 is 22.9 Å². The standard InChI is InChI=1S/C18H16ClN5O2S/c19-12-2-3-15(24-6-8-26-9-7-24)13(10-12)22-17(25)14-11-27-18(23-14)16-20-4-1-5-21-16/h1-5,10-11H,6-9H2,(H,22,25). The molecule has 0 saturated carbocycles. The van der Waals surface area contributed by atoms with Crippen molar-refractivity contribution in [2.75, 3.05) is 36.5 Å². The molecule has 9 heteroatoms. The molecule has 27 heavy (non-hydrogen) atoms. The molecule has 7 nitrogen and oxygen atoms in total. The second kappa shape index (κ2) is 7.99. The number of rotatable bonds is 4. The number of nitrogens with zero attached hydrogens (tertiary/aromatic N) is 4. The maximum atomic E-state index is 12.7. The molecule has 0 bridgehead atoms. The Bertz CT molecular complexity index is 944. The summed E-state index contributed by atoms with van der Waals surface area (Å²) in [6.07, 6.45) is 3.29. The van der Waals surface area contributed by atoms with Crippen LogP contribution < -0.4 is 10.2 Å². The van der Waals surface area contributed by atoms with E-state index in [0.717, 1.165) is 18.8 Å². The fourth-order valence-corrected chi connectivity index (χ4v) is 3.68. The molecule has 0 radical (unpaired) electrons. The molecule has 2 aromatic heterocycles. The van der Waals surface area contributed by atoms with E-state index in [-0.39, 0.29) is 5.91 Å². The van der Waals surface area contributed by atoms with Gasteiger partial charge in [0.15, 0.2) is 10.8 Å². The van der Waals surface area contributed by atoms with Gasteiger partial charge in [0.05, 0.1) is 24.6 Å². The topological polar surface area (TPSA) is 80.2 Å². The maximum absolute atomic E-state index is 12.7. The van der Waals surface area contributed by atoms with E-state index >= 15 is 0 Å². The number of anilines is 2. The van der Waals surface area contributed by atoms with Crippen LogP contribution in [0, 0.1) is 0 Å². The van der Waals surface area contributed by atoms with Crippen LogP contribution in [0.5, 0.6) is 0 Å². The average Bonchev–Trinajstić information content (AvgIpc) is 3.20. The molecule has 0 unspecified atom stereocenters. The molecule has 0 spiro atoms. The minimum Gasteiger partial charge on any atom is -0.378 e. The van der Waals surface area contributed by atoms with E-state index in [0.29, 0.717) is 40.4 Å². The summed E-state index contributed by atoms with van der Waals surface area (Å²) in [4.78, 5) is 27.6. The van der Waals surface area contributed by atoms with Crippen LogP contribution in [-0.2, 0) is 4.74 Å². The van der Waals surface area contributed by atoms with Crippen molar-refractivity contribution in [3.63, 3.8) is 0 Å². The predicted octanol–water partition coefficient (Wildman–Crippen LogP) is 3.34. The zero-order valence-electron chi connectivity index (χ0n) is 14.3. The normalized spacial score (nSPS) is 14.2. The highest BCUT2D eigenvalue weighted by atomic mass is 35.5. The molecule has 4 rings (SSSR count). The van der Waals surface area contributed by atoms with Crippen LogP contribution in [0.15, 0.2) is 42.0 Å². The number of halogens is 1. The summed E-state index contributed by atoms with van der Waals surface area (Å²) < 4.78 is 5.40. The van der Waals surface area contributed by atoms with Gasteiger partial charge < -0.3 is 15.0 Å². The zero-order chi connectivity index (χ0) is 18.6. The van der Waals surface area contributed by atoms with Crippen molar-refractivity contribution >= 4 is 40.2 Å². The van der Waals surface area contributed by atoms with Gasteiger partial charge >= 0.3 is 0 Å². The summed E-state index contributed by atoms with van der Waals surface area (Å²) >= 11 is 7.47. The summed E-state index contributed by atoms with van der Waals surface area (Å²) in [5.41, 5.74) is 1.88. The minimum absolute atomic E-state index is 0.301. The Balaban J connectivity index is 1.56. The Morgan fingerprint density at radius 1 is 1.22 bits per heavy atom. The highest BCUT2D eigenvalue weighted by molar-refractivity contribution is 7.13. The summed E-state index contributed by atoms with van der Waals surface area (Å²) in [6.45, 7) is 2.83. The molecule has 1 aliphatic rings. The van der Waals surface area contributed by atoms with Crippen molar-refractivity contribution < 1.29 is 9.53 Å². The van der Waals surface area contributed by atoms with Crippen molar-refractivity contribution in [1.29, 1.82) is 0 Å². The van der Waals surface area contributed by atoms with Crippen LogP contribution in [0.25, 0.3) is 10.8 Å². The van der Waals surface area contributed by atoms with Crippen molar-refractivity contribution in [3.05, 3.63) is 52.8 Å². The Hall–Kier alpha value is -2.55. The first kappa shape index (κ1) is 17.8. The van der Waals surface area contributed by atoms with E-state index in [4.69, 9.17) is 16.3 Å². The van der Waals surface area contributed by atoms with Crippen molar-refractivity contribution in [2.45, 2.75) is 0 Å². The van der Waals surface area contributed by atoms with Crippen molar-refractivity contribution in [3.8, 4) is 10.8 Å². The molecular formula is C18H16ClN5O2S. The molecule has 3 aromatic rings. The Morgan fingerprint density at radius 2 is 2.00 bits per heavy atom. The molecule has 1 aliphatic heterocycles. The highest BCUT2D eigenvalue weighted by Crippen LogP contribution is 2.30. The molecule has 1 N–H and O–H groups in total. The zero-order valence-corrected chi connectivity index (χ0v) is 15.8. The number of hydrogen-bond acceptors (Lipinski definition) is 7. The lowest BCUT2D eigenvalue weighted by atomic mass is 10.2. The fraction of sp³-hybridized carbons (Fsp3) is 0.222. The van der Waals surface area contributed by atoms with E-state index in [9.17, 15) is 4.79 Å². The molecule has 138 valence electrons. The second-order valence-electron chi connectivity index (χ2n) is 5.83. The number of aromatic nitrogens is 3. The summed E-state index contributed by atoms with van der Waals surface area (Å²) in [7, 11) is 0. The van der Waals surface area contributed by atoms with Crippen molar-refractivity contribution in [1.82, 2.24) is 15.0 Å². The molecular weight excluding hydrogens is 386 g/mol. The predicted molar refractivity (Wildman–Crippen MR) is 106 cm³/mol. The molecule has 3 heterocycles. The third-order valence-corrected chi connectivity index (χ3v) is 5.13. The molecule has 1 aromatic carbocycles. The summed E-state index contributed by atoms with van der Waals surface area (Å²) in [5, 5.41) is 5.77. The number of thiazole rings is 1. The fourth-order valence-electron chi connectivity index (χ4n) is 2.77. The average molecular weight is 402 g/mol. The largest absolute Gasteiger partial charge is 0.378 e. The first-order valence-corrected chi connectivity index (χ1v) is 9.63. The molecule has 1 saturated heterocycles. The van der Waals surface area contributed by atoms with Gasteiger partial charge in [0.1, 0.15) is 5.69 Å². The minimum atomic E-state index is -0.301. The SMILES string of the molecule is O=C(Nc1cc(Cl)ccc1N1CCOCC1)c1csc(-c2ncccn2)n1. The van der Waals surface area contributed by atoms with Gasteiger partial charge in [-0.2, -0.15) is 0 Å². The number of nitrogens with one attached hydrogen (secondary N) is 1. The van der Waals surface area contributed by atoms with Gasteiger partial charge in [-0.3, -0.25) is 4.79 Å². The number of carbonyl (C=O) groups excluding carboxylic acids is 1. The van der Waals surface area contributed by atoms with Crippen LogP contribution in [0.3, 0.4) is 0 Å². The summed E-state index contributed by atoms with van der Waals surface area (Å²) in [6, 6.07) is 7.21. The van der Waals surface area contributed by atoms with Gasteiger partial charge in [-0.25, -0.2) is 15.0 Å². The Morgan fingerprint density at radius 3 is 2.78 bits per heavy atom. The van der Waals surface area contributed by atoms with Crippen LogP contribution in [-0.4, -0.2) is 47.2 Å². The number of benzene rings is 1. The lowest BCUT2D eigenvalue weighted by Crippen LogP contribution is -2.36. The first-order valence-electron chi connectivity index (χ1n) is 8.37. The van der Waals surface area contributed by atoms with Crippen molar-refractivity contribution in [2.24, 2.45) is 0 Å². The molecule has 0 atom stereocenters. The number of morpholine rings is 1. The van der Waals surface area contributed by atoms with E-state index in [2.05, 4.69) is 25.2 Å². The van der Waals surface area contributed by atoms with Gasteiger partial charge in [0.25, 0.3) is 5.91 Å². The lowest BCUT2D eigenvalue weighted by molar-refractivity contribution is 0.102. The molecule has 1 amide bonds. The maximum Gasteiger partial charge on any atom is 0.275 e. The van der Waals surface area contributed by atoms with Crippen LogP contribution in [0.2, 0.25) is 5.02 Å². The van der Waals surface area contributed by atoms with Crippen LogP contribution in [0.1, 0.15) is 10.5 Å². The molecule has 0 aliphatic carbocycles.